The molecular weight excluding hydrogens is 336 g/mol. The number of nitrogens with zero attached hydrogens (tertiary/aromatic N) is 3. The molecule has 1 aromatic heterocycles. The minimum atomic E-state index is -0.254. The highest BCUT2D eigenvalue weighted by atomic mass is 16.2. The molecule has 0 radical (unpaired) electrons. The third kappa shape index (κ3) is 3.93. The largest absolute Gasteiger partial charge is 0.341 e. The molecule has 0 bridgehead atoms. The number of benzene rings is 2. The molecule has 1 amide bonds. The average molecular weight is 360 g/mol. The van der Waals surface area contributed by atoms with Gasteiger partial charge < -0.3 is 9.88 Å². The maximum atomic E-state index is 12.8. The summed E-state index contributed by atoms with van der Waals surface area (Å²) in [4.78, 5) is 19.5. The van der Waals surface area contributed by atoms with Gasteiger partial charge in [-0.2, -0.15) is 0 Å². The number of carbonyl (C=O) groups excluding carboxylic acids is 1. The molecule has 0 spiro atoms. The smallest absolute Gasteiger partial charge is 0.235 e. The summed E-state index contributed by atoms with van der Waals surface area (Å²) in [6.45, 7) is 2.12. The molecule has 0 aliphatic carbocycles. The Kier molecular flexibility index (Phi) is 5.03. The summed E-state index contributed by atoms with van der Waals surface area (Å²) in [6, 6.07) is 18.2. The second kappa shape index (κ2) is 7.76. The summed E-state index contributed by atoms with van der Waals surface area (Å²) in [5.41, 5.74) is 3.74. The van der Waals surface area contributed by atoms with Crippen LogP contribution in [-0.4, -0.2) is 33.4 Å². The number of rotatable bonds is 5. The van der Waals surface area contributed by atoms with Crippen LogP contribution in [-0.2, 0) is 24.8 Å². The average Bonchev–Trinajstić information content (AvgIpc) is 3.12. The van der Waals surface area contributed by atoms with Gasteiger partial charge in [-0.15, -0.1) is 0 Å². The van der Waals surface area contributed by atoms with E-state index < -0.39 is 0 Å². The number of nitrogens with one attached hydrogen (secondary N) is 1. The Morgan fingerprint density at radius 3 is 2.59 bits per heavy atom. The molecule has 1 aliphatic rings. The van der Waals surface area contributed by atoms with Crippen molar-refractivity contribution >= 4 is 5.91 Å². The zero-order valence-corrected chi connectivity index (χ0v) is 15.5. The Labute approximate surface area is 159 Å². The molecule has 2 heterocycles. The predicted octanol–water partition coefficient (Wildman–Crippen LogP) is 2.68. The maximum Gasteiger partial charge on any atom is 0.235 e. The van der Waals surface area contributed by atoms with Gasteiger partial charge in [0.25, 0.3) is 0 Å². The van der Waals surface area contributed by atoms with Crippen LogP contribution >= 0.6 is 0 Å². The Bertz CT molecular complexity index is 919. The van der Waals surface area contributed by atoms with E-state index in [1.807, 2.05) is 48.1 Å². The van der Waals surface area contributed by atoms with Gasteiger partial charge in [0.1, 0.15) is 11.9 Å². The molecule has 0 unspecified atom stereocenters. The number of hydrogen-bond acceptors (Lipinski definition) is 3. The van der Waals surface area contributed by atoms with Gasteiger partial charge in [0, 0.05) is 32.5 Å². The molecule has 5 nitrogen and oxygen atoms in total. The van der Waals surface area contributed by atoms with E-state index in [9.17, 15) is 4.79 Å². The molecule has 0 saturated carbocycles. The van der Waals surface area contributed by atoms with Gasteiger partial charge in [-0.1, -0.05) is 54.6 Å². The highest BCUT2D eigenvalue weighted by molar-refractivity contribution is 5.79. The van der Waals surface area contributed by atoms with Gasteiger partial charge in [0.2, 0.25) is 5.91 Å². The van der Waals surface area contributed by atoms with Crippen LogP contribution in [0.1, 0.15) is 28.6 Å². The van der Waals surface area contributed by atoms with E-state index in [0.29, 0.717) is 6.54 Å². The fourth-order valence-corrected chi connectivity index (χ4v) is 3.70. The van der Waals surface area contributed by atoms with Crippen LogP contribution < -0.4 is 5.32 Å². The lowest BCUT2D eigenvalue weighted by Gasteiger charge is -2.29. The van der Waals surface area contributed by atoms with E-state index in [4.69, 9.17) is 0 Å². The summed E-state index contributed by atoms with van der Waals surface area (Å²) in [6.07, 6.45) is 4.66. The highest BCUT2D eigenvalue weighted by Crippen LogP contribution is 2.21. The summed E-state index contributed by atoms with van der Waals surface area (Å²) in [5, 5.41) is 3.18. The first-order chi connectivity index (χ1) is 13.2. The van der Waals surface area contributed by atoms with Crippen molar-refractivity contribution in [3.63, 3.8) is 0 Å². The van der Waals surface area contributed by atoms with E-state index in [-0.39, 0.29) is 11.9 Å². The van der Waals surface area contributed by atoms with Gasteiger partial charge >= 0.3 is 0 Å². The molecule has 1 atom stereocenters. The molecule has 4 rings (SSSR count). The number of aryl methyl sites for hydroxylation is 1. The molecule has 3 aromatic rings. The number of fused-ring (bicyclic) bond motifs is 1. The standard InChI is InChI=1S/C22H24N4O/c1-25-14-12-23-22(25)21(18-8-3-2-4-9-18)24-20(27)16-26-13-11-17-7-5-6-10-19(17)15-26/h2-10,12,14,21H,11,13,15-16H2,1H3,(H,24,27)/t21-/m1/s1. The minimum absolute atomic E-state index is 0.0197. The molecule has 0 saturated heterocycles. The molecule has 5 heteroatoms. The van der Waals surface area contributed by atoms with Crippen LogP contribution in [0.4, 0.5) is 0 Å². The van der Waals surface area contributed by atoms with Crippen LogP contribution in [0.3, 0.4) is 0 Å². The lowest BCUT2D eigenvalue weighted by Crippen LogP contribution is -2.41. The van der Waals surface area contributed by atoms with Crippen molar-refractivity contribution in [3.05, 3.63) is 89.5 Å². The van der Waals surface area contributed by atoms with Crippen LogP contribution in [0.2, 0.25) is 0 Å². The topological polar surface area (TPSA) is 50.2 Å². The molecule has 1 N–H and O–H groups in total. The van der Waals surface area contributed by atoms with E-state index in [0.717, 1.165) is 30.9 Å². The van der Waals surface area contributed by atoms with Crippen molar-refractivity contribution in [1.82, 2.24) is 19.8 Å². The van der Waals surface area contributed by atoms with E-state index >= 15 is 0 Å². The SMILES string of the molecule is Cn1ccnc1[C@H](NC(=O)CN1CCc2ccccc2C1)c1ccccc1. The monoisotopic (exact) mass is 360 g/mol. The van der Waals surface area contributed by atoms with E-state index in [2.05, 4.69) is 39.5 Å². The van der Waals surface area contributed by atoms with Crippen molar-refractivity contribution in [2.45, 2.75) is 19.0 Å². The Morgan fingerprint density at radius 1 is 1.11 bits per heavy atom. The van der Waals surface area contributed by atoms with Crippen molar-refractivity contribution in [3.8, 4) is 0 Å². The van der Waals surface area contributed by atoms with Gasteiger partial charge in [-0.05, 0) is 23.1 Å². The Morgan fingerprint density at radius 2 is 1.85 bits per heavy atom. The Balaban J connectivity index is 1.47. The van der Waals surface area contributed by atoms with Crippen molar-refractivity contribution in [2.75, 3.05) is 13.1 Å². The van der Waals surface area contributed by atoms with Gasteiger partial charge in [0.05, 0.1) is 6.54 Å². The normalized spacial score (nSPS) is 15.1. The summed E-state index contributed by atoms with van der Waals surface area (Å²) in [5.74, 6) is 0.852. The zero-order valence-electron chi connectivity index (χ0n) is 15.5. The Hall–Kier alpha value is -2.92. The van der Waals surface area contributed by atoms with E-state index in [1.54, 1.807) is 6.20 Å². The van der Waals surface area contributed by atoms with Crippen molar-refractivity contribution in [1.29, 1.82) is 0 Å². The first kappa shape index (κ1) is 17.5. The van der Waals surface area contributed by atoms with Gasteiger partial charge in [0.15, 0.2) is 0 Å². The van der Waals surface area contributed by atoms with E-state index in [1.165, 1.54) is 11.1 Å². The summed E-state index contributed by atoms with van der Waals surface area (Å²) < 4.78 is 1.95. The number of imidazole rings is 1. The minimum Gasteiger partial charge on any atom is -0.341 e. The quantitative estimate of drug-likeness (QED) is 0.761. The second-order valence-electron chi connectivity index (χ2n) is 7.04. The molecule has 2 aromatic carbocycles. The summed E-state index contributed by atoms with van der Waals surface area (Å²) in [7, 11) is 1.95. The lowest BCUT2D eigenvalue weighted by molar-refractivity contribution is -0.123. The van der Waals surface area contributed by atoms with Gasteiger partial charge in [-0.3, -0.25) is 9.69 Å². The number of amides is 1. The van der Waals surface area contributed by atoms with Crippen LogP contribution in [0.25, 0.3) is 0 Å². The molecule has 1 aliphatic heterocycles. The van der Waals surface area contributed by atoms with Gasteiger partial charge in [-0.25, -0.2) is 4.98 Å². The predicted molar refractivity (Wildman–Crippen MR) is 105 cm³/mol. The first-order valence-corrected chi connectivity index (χ1v) is 9.31. The fraction of sp³-hybridized carbons (Fsp3) is 0.273. The first-order valence-electron chi connectivity index (χ1n) is 9.31. The van der Waals surface area contributed by atoms with Crippen LogP contribution in [0.15, 0.2) is 67.0 Å². The summed E-state index contributed by atoms with van der Waals surface area (Å²) >= 11 is 0. The van der Waals surface area contributed by atoms with Crippen LogP contribution in [0, 0.1) is 0 Å². The maximum absolute atomic E-state index is 12.8. The molecular formula is C22H24N4O. The lowest BCUT2D eigenvalue weighted by atomic mass is 10.00. The molecule has 138 valence electrons. The van der Waals surface area contributed by atoms with Crippen LogP contribution in [0.5, 0.6) is 0 Å². The third-order valence-electron chi connectivity index (χ3n) is 5.13. The number of aromatic nitrogens is 2. The molecule has 27 heavy (non-hydrogen) atoms. The second-order valence-corrected chi connectivity index (χ2v) is 7.04. The fourth-order valence-electron chi connectivity index (χ4n) is 3.70. The zero-order chi connectivity index (χ0) is 18.6. The number of hydrogen-bond donors (Lipinski definition) is 1. The molecule has 0 fully saturated rings. The highest BCUT2D eigenvalue weighted by Gasteiger charge is 2.23. The van der Waals surface area contributed by atoms with Crippen molar-refractivity contribution in [2.24, 2.45) is 7.05 Å². The van der Waals surface area contributed by atoms with Crippen molar-refractivity contribution < 1.29 is 4.79 Å². The third-order valence-corrected chi connectivity index (χ3v) is 5.13. The number of carbonyl (C=O) groups is 1.